The third-order valence-corrected chi connectivity index (χ3v) is 9.59. The number of nitrogens with one attached hydrogen (secondary N) is 1. The van der Waals surface area contributed by atoms with Crippen molar-refractivity contribution < 1.29 is 19.7 Å². The molecule has 236 valence electrons. The first-order chi connectivity index (χ1) is 21.7. The van der Waals surface area contributed by atoms with Gasteiger partial charge in [0.05, 0.1) is 60.7 Å². The first-order valence-corrected chi connectivity index (χ1v) is 15.9. The van der Waals surface area contributed by atoms with Crippen LogP contribution in [0.2, 0.25) is 0 Å². The van der Waals surface area contributed by atoms with Crippen LogP contribution in [0.5, 0.6) is 0 Å². The van der Waals surface area contributed by atoms with Crippen LogP contribution in [0.4, 0.5) is 4.79 Å². The van der Waals surface area contributed by atoms with E-state index in [9.17, 15) is 15.0 Å². The van der Waals surface area contributed by atoms with Crippen molar-refractivity contribution in [3.05, 3.63) is 84.7 Å². The fourth-order valence-corrected chi connectivity index (χ4v) is 7.00. The van der Waals surface area contributed by atoms with Crippen LogP contribution in [0, 0.1) is 11.8 Å². The van der Waals surface area contributed by atoms with Crippen LogP contribution in [0.3, 0.4) is 0 Å². The molecule has 0 saturated carbocycles. The minimum atomic E-state index is -0.494. The molecule has 10 heteroatoms. The summed E-state index contributed by atoms with van der Waals surface area (Å²) in [5, 5.41) is 24.3. The quantitative estimate of drug-likeness (QED) is 0.294. The van der Waals surface area contributed by atoms with Crippen molar-refractivity contribution in [1.82, 2.24) is 29.3 Å². The van der Waals surface area contributed by atoms with Crippen molar-refractivity contribution >= 4 is 6.09 Å². The van der Waals surface area contributed by atoms with Crippen molar-refractivity contribution in [1.29, 1.82) is 0 Å². The van der Waals surface area contributed by atoms with E-state index < -0.39 is 11.7 Å². The number of carbonyl (C=O) groups is 1. The van der Waals surface area contributed by atoms with E-state index in [0.717, 1.165) is 25.2 Å². The van der Waals surface area contributed by atoms with E-state index in [2.05, 4.69) is 60.8 Å². The van der Waals surface area contributed by atoms with Crippen molar-refractivity contribution in [3.63, 3.8) is 0 Å². The van der Waals surface area contributed by atoms with Gasteiger partial charge in [0.15, 0.2) is 0 Å². The molecule has 2 fully saturated rings. The number of ether oxygens (including phenoxy) is 1. The summed E-state index contributed by atoms with van der Waals surface area (Å²) >= 11 is 0. The normalized spacial score (nSPS) is 21.3. The molecular formula is C35H42N6O4. The van der Waals surface area contributed by atoms with Gasteiger partial charge in [0.25, 0.3) is 0 Å². The number of imidazole rings is 2. The van der Waals surface area contributed by atoms with E-state index in [4.69, 9.17) is 4.74 Å². The van der Waals surface area contributed by atoms with Gasteiger partial charge in [0.2, 0.25) is 0 Å². The van der Waals surface area contributed by atoms with Gasteiger partial charge in [-0.2, -0.15) is 0 Å². The molecular weight excluding hydrogens is 568 g/mol. The number of likely N-dealkylation sites (tertiary alicyclic amines) is 1. The van der Waals surface area contributed by atoms with E-state index in [1.165, 1.54) is 27.9 Å². The predicted octanol–water partition coefficient (Wildman–Crippen LogP) is 4.49. The van der Waals surface area contributed by atoms with Crippen molar-refractivity contribution in [2.45, 2.75) is 63.5 Å². The third-order valence-electron chi connectivity index (χ3n) is 9.59. The summed E-state index contributed by atoms with van der Waals surface area (Å²) in [6.45, 7) is 8.53. The Hall–Kier alpha value is -3.99. The fourth-order valence-electron chi connectivity index (χ4n) is 7.00. The summed E-state index contributed by atoms with van der Waals surface area (Å²) < 4.78 is 9.71. The first-order valence-electron chi connectivity index (χ1n) is 15.9. The zero-order chi connectivity index (χ0) is 31.3. The Morgan fingerprint density at radius 3 is 1.80 bits per heavy atom. The molecule has 0 spiro atoms. The molecule has 6 heterocycles. The molecule has 10 nitrogen and oxygen atoms in total. The van der Waals surface area contributed by atoms with Crippen LogP contribution in [0.15, 0.2) is 73.6 Å². The molecule has 2 saturated heterocycles. The van der Waals surface area contributed by atoms with Gasteiger partial charge in [-0.25, -0.2) is 14.8 Å². The van der Waals surface area contributed by atoms with Crippen molar-refractivity contribution in [3.8, 4) is 22.5 Å². The Labute approximate surface area is 263 Å². The molecule has 4 atom stereocenters. The van der Waals surface area contributed by atoms with Gasteiger partial charge in [0, 0.05) is 49.1 Å². The molecule has 0 aliphatic carbocycles. The summed E-state index contributed by atoms with van der Waals surface area (Å²) in [7, 11) is 0. The smallest absolute Gasteiger partial charge is 0.410 e. The molecule has 0 bridgehead atoms. The minimum Gasteiger partial charge on any atom is -0.444 e. The average Bonchev–Trinajstić information content (AvgIpc) is 3.71. The Morgan fingerprint density at radius 1 is 0.844 bits per heavy atom. The molecule has 4 unspecified atom stereocenters. The molecule has 4 aliphatic heterocycles. The van der Waals surface area contributed by atoms with E-state index in [-0.39, 0.29) is 30.2 Å². The van der Waals surface area contributed by atoms with E-state index in [1.807, 2.05) is 58.0 Å². The van der Waals surface area contributed by atoms with Gasteiger partial charge in [-0.3, -0.25) is 0 Å². The van der Waals surface area contributed by atoms with Gasteiger partial charge < -0.3 is 34.3 Å². The van der Waals surface area contributed by atoms with Gasteiger partial charge in [-0.15, -0.1) is 0 Å². The molecule has 2 aromatic heterocycles. The molecule has 3 N–H and O–H groups in total. The lowest BCUT2D eigenvalue weighted by atomic mass is 9.88. The van der Waals surface area contributed by atoms with E-state index in [0.29, 0.717) is 25.4 Å². The van der Waals surface area contributed by atoms with Gasteiger partial charge >= 0.3 is 6.09 Å². The number of nitrogens with zero attached hydrogens (tertiary/aromatic N) is 5. The second-order valence-electron chi connectivity index (χ2n) is 13.7. The van der Waals surface area contributed by atoms with Crippen LogP contribution >= 0.6 is 0 Å². The van der Waals surface area contributed by atoms with Crippen molar-refractivity contribution in [2.75, 3.05) is 26.2 Å². The van der Waals surface area contributed by atoms with Gasteiger partial charge in [0.1, 0.15) is 5.60 Å². The lowest BCUT2D eigenvalue weighted by molar-refractivity contribution is -0.0343. The maximum atomic E-state index is 12.1. The average molecular weight is 611 g/mol. The maximum Gasteiger partial charge on any atom is 0.410 e. The molecule has 45 heavy (non-hydrogen) atoms. The number of aliphatic hydroxyl groups excluding tert-OH is 2. The summed E-state index contributed by atoms with van der Waals surface area (Å²) in [4.78, 5) is 22.2. The van der Waals surface area contributed by atoms with Crippen LogP contribution in [0.1, 0.15) is 56.8 Å². The van der Waals surface area contributed by atoms with E-state index >= 15 is 0 Å². The summed E-state index contributed by atoms with van der Waals surface area (Å²) in [6, 6.07) is 17.0. The zero-order valence-corrected chi connectivity index (χ0v) is 26.1. The highest BCUT2D eigenvalue weighted by Gasteiger charge is 2.40. The van der Waals surface area contributed by atoms with Crippen molar-refractivity contribution in [2.24, 2.45) is 11.8 Å². The zero-order valence-electron chi connectivity index (χ0n) is 26.1. The standard InChI is InChI=1S/C20H25N3O3.C15H17N3O/c1-20(2,3)26-19(25)22-10-13(11-22)18(24)8-16-14-6-4-5-7-15(14)17-9-21-12-23(16)17;19-15(10-6-16-7-10)5-13-11-3-1-2-4-12(11)14-8-17-9-18(13)14/h4-7,9,12-13,16,18,24H,8,10-11H2,1-3H3;1-4,8-10,13,15-16,19H,5-7H2. The second-order valence-corrected chi connectivity index (χ2v) is 13.7. The molecule has 2 aromatic carbocycles. The fraction of sp³-hybridized carbons (Fsp3) is 0.457. The van der Waals surface area contributed by atoms with Crippen LogP contribution in [-0.4, -0.2) is 84.3 Å². The molecule has 4 aromatic rings. The lowest BCUT2D eigenvalue weighted by Crippen LogP contribution is -2.55. The SMILES string of the molecule is CC(C)(C)OC(=O)N1CC(C(O)CC2c3ccccc3-c3cncn32)C1.OC(CC1c2ccccc2-c2cncn21)C1CNC1. The number of aliphatic hydroxyl groups is 2. The number of aromatic nitrogens is 4. The molecule has 0 radical (unpaired) electrons. The number of carbonyl (C=O) groups excluding carboxylic acids is 1. The number of fused-ring (bicyclic) bond motifs is 6. The number of benzene rings is 2. The van der Waals surface area contributed by atoms with E-state index in [1.54, 1.807) is 4.90 Å². The van der Waals surface area contributed by atoms with Crippen LogP contribution in [0.25, 0.3) is 22.5 Å². The highest BCUT2D eigenvalue weighted by atomic mass is 16.6. The summed E-state index contributed by atoms with van der Waals surface area (Å²) in [6.07, 6.45) is 7.87. The second kappa shape index (κ2) is 11.7. The highest BCUT2D eigenvalue weighted by Crippen LogP contribution is 2.43. The van der Waals surface area contributed by atoms with Crippen LogP contribution in [-0.2, 0) is 4.74 Å². The number of hydrogen-bond acceptors (Lipinski definition) is 7. The topological polar surface area (TPSA) is 118 Å². The Bertz CT molecular complexity index is 1660. The lowest BCUT2D eigenvalue weighted by Gasteiger charge is -2.42. The number of rotatable bonds is 6. The maximum absolute atomic E-state index is 12.1. The Balaban J connectivity index is 0.000000151. The Kier molecular flexibility index (Phi) is 7.75. The largest absolute Gasteiger partial charge is 0.444 e. The summed E-state index contributed by atoms with van der Waals surface area (Å²) in [5.74, 6) is 0.488. The van der Waals surface area contributed by atoms with Gasteiger partial charge in [-0.1, -0.05) is 48.5 Å². The summed E-state index contributed by atoms with van der Waals surface area (Å²) in [5.41, 5.74) is 6.75. The monoisotopic (exact) mass is 610 g/mol. The van der Waals surface area contributed by atoms with Gasteiger partial charge in [-0.05, 0) is 44.7 Å². The predicted molar refractivity (Wildman–Crippen MR) is 171 cm³/mol. The molecule has 4 aliphatic rings. The molecule has 1 amide bonds. The number of hydrogen-bond donors (Lipinski definition) is 3. The highest BCUT2D eigenvalue weighted by molar-refractivity contribution is 5.70. The minimum absolute atomic E-state index is 0.0854. The number of amides is 1. The van der Waals surface area contributed by atoms with Crippen LogP contribution < -0.4 is 5.32 Å². The Morgan fingerprint density at radius 2 is 1.33 bits per heavy atom. The third kappa shape index (κ3) is 5.67. The molecule has 8 rings (SSSR count). The first kappa shape index (κ1) is 29.7.